The van der Waals surface area contributed by atoms with Crippen LogP contribution in [0.2, 0.25) is 0 Å². The van der Waals surface area contributed by atoms with Crippen molar-refractivity contribution in [1.29, 1.82) is 0 Å². The molecule has 19 heavy (non-hydrogen) atoms. The van der Waals surface area contributed by atoms with Crippen molar-refractivity contribution >= 4 is 11.3 Å². The third-order valence-corrected chi connectivity index (χ3v) is 3.73. The molecule has 0 aliphatic rings. The summed E-state index contributed by atoms with van der Waals surface area (Å²) in [6, 6.07) is 3.55. The van der Waals surface area contributed by atoms with Gasteiger partial charge < -0.3 is 15.0 Å². The number of nitrogens with two attached hydrogens (primary N) is 1. The number of thiophene rings is 1. The van der Waals surface area contributed by atoms with Gasteiger partial charge in [-0.05, 0) is 24.3 Å². The molecule has 0 fully saturated rings. The summed E-state index contributed by atoms with van der Waals surface area (Å²) in [6.07, 6.45) is -0.155. The molecule has 2 heterocycles. The average molecular weight is 281 g/mol. The molecule has 0 radical (unpaired) electrons. The predicted octanol–water partition coefficient (Wildman–Crippen LogP) is 2.91. The van der Waals surface area contributed by atoms with E-state index in [1.807, 2.05) is 24.4 Å². The number of hydrogen-bond donors (Lipinski definition) is 1. The predicted molar refractivity (Wildman–Crippen MR) is 73.9 cm³/mol. The van der Waals surface area contributed by atoms with Gasteiger partial charge >= 0.3 is 0 Å². The summed E-state index contributed by atoms with van der Waals surface area (Å²) in [5.74, 6) is 1.28. The van der Waals surface area contributed by atoms with E-state index in [9.17, 15) is 0 Å². The Morgan fingerprint density at radius 1 is 1.47 bits per heavy atom. The van der Waals surface area contributed by atoms with E-state index in [0.29, 0.717) is 18.3 Å². The second kappa shape index (κ2) is 6.27. The standard InChI is InChI=1S/C13H19N3O2S/c1-4-17-11(8(2)3)12-15-13(18-16-12)10(14)9-6-5-7-19-9/h5-8,10-11H,4,14H2,1-3H3. The molecule has 6 heteroatoms. The SMILES string of the molecule is CCOC(c1noc(C(N)c2cccs2)n1)C(C)C. The van der Waals surface area contributed by atoms with Crippen molar-refractivity contribution in [2.24, 2.45) is 11.7 Å². The van der Waals surface area contributed by atoms with E-state index < -0.39 is 0 Å². The minimum atomic E-state index is -0.365. The van der Waals surface area contributed by atoms with E-state index in [0.717, 1.165) is 4.88 Å². The first-order valence-corrected chi connectivity index (χ1v) is 7.25. The van der Waals surface area contributed by atoms with E-state index in [-0.39, 0.29) is 18.1 Å². The average Bonchev–Trinajstić information content (AvgIpc) is 3.05. The smallest absolute Gasteiger partial charge is 0.249 e. The van der Waals surface area contributed by atoms with Gasteiger partial charge in [0.25, 0.3) is 0 Å². The van der Waals surface area contributed by atoms with Crippen molar-refractivity contribution in [3.63, 3.8) is 0 Å². The highest BCUT2D eigenvalue weighted by molar-refractivity contribution is 7.10. The lowest BCUT2D eigenvalue weighted by molar-refractivity contribution is 0.0217. The molecule has 5 nitrogen and oxygen atoms in total. The van der Waals surface area contributed by atoms with Crippen molar-refractivity contribution in [3.8, 4) is 0 Å². The third kappa shape index (κ3) is 3.20. The van der Waals surface area contributed by atoms with Crippen molar-refractivity contribution in [2.45, 2.75) is 32.9 Å². The fourth-order valence-electron chi connectivity index (χ4n) is 1.82. The Balaban J connectivity index is 2.18. The lowest BCUT2D eigenvalue weighted by Gasteiger charge is -2.16. The molecule has 2 rings (SSSR count). The van der Waals surface area contributed by atoms with Gasteiger partial charge in [0.05, 0.1) is 0 Å². The summed E-state index contributed by atoms with van der Waals surface area (Å²) >= 11 is 1.58. The van der Waals surface area contributed by atoms with Gasteiger partial charge in [0.15, 0.2) is 0 Å². The van der Waals surface area contributed by atoms with Crippen LogP contribution < -0.4 is 5.73 Å². The van der Waals surface area contributed by atoms with Crippen molar-refractivity contribution in [2.75, 3.05) is 6.61 Å². The molecule has 0 aliphatic heterocycles. The lowest BCUT2D eigenvalue weighted by atomic mass is 10.1. The minimum absolute atomic E-state index is 0.155. The largest absolute Gasteiger partial charge is 0.370 e. The number of rotatable bonds is 6. The molecule has 0 aromatic carbocycles. The summed E-state index contributed by atoms with van der Waals surface area (Å²) in [4.78, 5) is 5.39. The van der Waals surface area contributed by atoms with Gasteiger partial charge in [-0.2, -0.15) is 4.98 Å². The normalized spacial score (nSPS) is 14.8. The first kappa shape index (κ1) is 14.2. The molecule has 2 atom stereocenters. The highest BCUT2D eigenvalue weighted by Crippen LogP contribution is 2.27. The second-order valence-corrected chi connectivity index (χ2v) is 5.58. The third-order valence-electron chi connectivity index (χ3n) is 2.78. The van der Waals surface area contributed by atoms with Gasteiger partial charge in [-0.25, -0.2) is 0 Å². The maximum absolute atomic E-state index is 6.10. The topological polar surface area (TPSA) is 74.2 Å². The quantitative estimate of drug-likeness (QED) is 0.881. The van der Waals surface area contributed by atoms with Crippen molar-refractivity contribution in [3.05, 3.63) is 34.1 Å². The Hall–Kier alpha value is -1.24. The maximum Gasteiger partial charge on any atom is 0.249 e. The molecule has 2 N–H and O–H groups in total. The van der Waals surface area contributed by atoms with Crippen LogP contribution in [0.1, 0.15) is 49.5 Å². The molecular weight excluding hydrogens is 262 g/mol. The Morgan fingerprint density at radius 2 is 2.26 bits per heavy atom. The van der Waals surface area contributed by atoms with Crippen LogP contribution in [0.4, 0.5) is 0 Å². The van der Waals surface area contributed by atoms with Gasteiger partial charge in [-0.1, -0.05) is 25.1 Å². The minimum Gasteiger partial charge on any atom is -0.370 e. The van der Waals surface area contributed by atoms with E-state index in [1.54, 1.807) is 11.3 Å². The van der Waals surface area contributed by atoms with Crippen LogP contribution in [0.5, 0.6) is 0 Å². The van der Waals surface area contributed by atoms with Gasteiger partial charge in [-0.3, -0.25) is 0 Å². The molecule has 0 amide bonds. The van der Waals surface area contributed by atoms with Gasteiger partial charge in [0.2, 0.25) is 11.7 Å². The zero-order valence-corrected chi connectivity index (χ0v) is 12.2. The Labute approximate surface area is 116 Å². The Kier molecular flexibility index (Phi) is 4.68. The number of ether oxygens (including phenoxy) is 1. The van der Waals surface area contributed by atoms with E-state index in [2.05, 4.69) is 24.0 Å². The van der Waals surface area contributed by atoms with E-state index in [1.165, 1.54) is 0 Å². The van der Waals surface area contributed by atoms with Crippen LogP contribution >= 0.6 is 11.3 Å². The highest BCUT2D eigenvalue weighted by atomic mass is 32.1. The molecule has 0 bridgehead atoms. The Morgan fingerprint density at radius 3 is 2.84 bits per heavy atom. The molecule has 2 aromatic heterocycles. The molecule has 104 valence electrons. The molecule has 0 spiro atoms. The first-order chi connectivity index (χ1) is 9.13. The summed E-state index contributed by atoms with van der Waals surface area (Å²) < 4.78 is 10.9. The fourth-order valence-corrected chi connectivity index (χ4v) is 2.54. The molecule has 0 saturated carbocycles. The molecular formula is C13H19N3O2S. The first-order valence-electron chi connectivity index (χ1n) is 6.37. The monoisotopic (exact) mass is 281 g/mol. The molecule has 2 aromatic rings. The van der Waals surface area contributed by atoms with Crippen LogP contribution in [-0.2, 0) is 4.74 Å². The number of aromatic nitrogens is 2. The summed E-state index contributed by atoms with van der Waals surface area (Å²) in [5.41, 5.74) is 6.10. The highest BCUT2D eigenvalue weighted by Gasteiger charge is 2.24. The molecule has 0 saturated heterocycles. The lowest BCUT2D eigenvalue weighted by Crippen LogP contribution is -2.14. The van der Waals surface area contributed by atoms with Crippen LogP contribution in [-0.4, -0.2) is 16.7 Å². The zero-order valence-electron chi connectivity index (χ0n) is 11.4. The van der Waals surface area contributed by atoms with Crippen LogP contribution in [0.15, 0.2) is 22.0 Å². The van der Waals surface area contributed by atoms with Crippen molar-refractivity contribution < 1.29 is 9.26 Å². The fraction of sp³-hybridized carbons (Fsp3) is 0.538. The summed E-state index contributed by atoms with van der Waals surface area (Å²) in [6.45, 7) is 6.70. The second-order valence-electron chi connectivity index (χ2n) is 4.60. The summed E-state index contributed by atoms with van der Waals surface area (Å²) in [7, 11) is 0. The molecule has 0 aliphatic carbocycles. The van der Waals surface area contributed by atoms with Crippen LogP contribution in [0, 0.1) is 5.92 Å². The summed E-state index contributed by atoms with van der Waals surface area (Å²) in [5, 5.41) is 5.98. The Bertz CT molecular complexity index is 496. The molecule has 2 unspecified atom stereocenters. The van der Waals surface area contributed by atoms with Gasteiger partial charge in [-0.15, -0.1) is 11.3 Å². The van der Waals surface area contributed by atoms with Gasteiger partial charge in [0, 0.05) is 11.5 Å². The van der Waals surface area contributed by atoms with Crippen LogP contribution in [0.3, 0.4) is 0 Å². The number of hydrogen-bond acceptors (Lipinski definition) is 6. The number of nitrogens with zero attached hydrogens (tertiary/aromatic N) is 2. The van der Waals surface area contributed by atoms with Crippen LogP contribution in [0.25, 0.3) is 0 Å². The maximum atomic E-state index is 6.10. The van der Waals surface area contributed by atoms with Gasteiger partial charge in [0.1, 0.15) is 12.1 Å². The van der Waals surface area contributed by atoms with E-state index in [4.69, 9.17) is 15.0 Å². The zero-order chi connectivity index (χ0) is 13.8. The van der Waals surface area contributed by atoms with Crippen molar-refractivity contribution in [1.82, 2.24) is 10.1 Å². The van der Waals surface area contributed by atoms with E-state index >= 15 is 0 Å².